The minimum absolute atomic E-state index is 0.0371. The summed E-state index contributed by atoms with van der Waals surface area (Å²) in [6, 6.07) is 6.01. The van der Waals surface area contributed by atoms with Crippen LogP contribution in [-0.4, -0.2) is 21.0 Å². The molecule has 0 unspecified atom stereocenters. The summed E-state index contributed by atoms with van der Waals surface area (Å²) < 4.78 is 5.26. The molecule has 6 heteroatoms. The largest absolute Gasteiger partial charge is 0.478 e. The fourth-order valence-electron chi connectivity index (χ4n) is 1.19. The number of halogens is 1. The van der Waals surface area contributed by atoms with E-state index in [1.54, 1.807) is 6.07 Å². The van der Waals surface area contributed by atoms with Gasteiger partial charge in [-0.05, 0) is 24.3 Å². The van der Waals surface area contributed by atoms with Crippen molar-refractivity contribution in [3.05, 3.63) is 47.2 Å². The fourth-order valence-corrected chi connectivity index (χ4v) is 1.37. The van der Waals surface area contributed by atoms with Crippen molar-refractivity contribution in [1.29, 1.82) is 0 Å². The second-order valence-corrected chi connectivity index (χ2v) is 3.52. The molecule has 1 heterocycles. The highest BCUT2D eigenvalue weighted by atomic mass is 35.5. The van der Waals surface area contributed by atoms with Crippen molar-refractivity contribution < 1.29 is 14.6 Å². The summed E-state index contributed by atoms with van der Waals surface area (Å²) in [5.41, 5.74) is -0.0371. The van der Waals surface area contributed by atoms with Crippen molar-refractivity contribution >= 4 is 17.6 Å². The minimum atomic E-state index is -1.13. The van der Waals surface area contributed by atoms with Crippen molar-refractivity contribution in [2.24, 2.45) is 0 Å². The van der Waals surface area contributed by atoms with E-state index in [4.69, 9.17) is 21.4 Å². The van der Waals surface area contributed by atoms with Gasteiger partial charge in [0.2, 0.25) is 0 Å². The molecular weight excluding hydrogens is 244 g/mol. The van der Waals surface area contributed by atoms with Crippen LogP contribution in [0.1, 0.15) is 10.4 Å². The van der Waals surface area contributed by atoms with Gasteiger partial charge in [0.25, 0.3) is 0 Å². The lowest BCUT2D eigenvalue weighted by Crippen LogP contribution is -2.01. The number of hydrogen-bond acceptors (Lipinski definition) is 4. The molecule has 0 saturated carbocycles. The highest BCUT2D eigenvalue weighted by molar-refractivity contribution is 6.31. The van der Waals surface area contributed by atoms with E-state index in [2.05, 4.69) is 9.97 Å². The molecule has 0 bridgehead atoms. The lowest BCUT2D eigenvalue weighted by Gasteiger charge is -2.06. The molecule has 0 saturated heterocycles. The summed E-state index contributed by atoms with van der Waals surface area (Å²) in [6.45, 7) is 0. The first-order valence-corrected chi connectivity index (χ1v) is 5.02. The Bertz CT molecular complexity index is 546. The third kappa shape index (κ3) is 2.70. The van der Waals surface area contributed by atoms with Crippen LogP contribution in [0.15, 0.2) is 36.7 Å². The van der Waals surface area contributed by atoms with Gasteiger partial charge in [-0.15, -0.1) is 0 Å². The van der Waals surface area contributed by atoms with E-state index in [0.717, 1.165) is 0 Å². The summed E-state index contributed by atoms with van der Waals surface area (Å²) in [7, 11) is 0. The van der Waals surface area contributed by atoms with Gasteiger partial charge in [-0.2, -0.15) is 0 Å². The van der Waals surface area contributed by atoms with Crippen molar-refractivity contribution in [3.63, 3.8) is 0 Å². The molecule has 1 N–H and O–H groups in total. The summed E-state index contributed by atoms with van der Waals surface area (Å²) in [4.78, 5) is 18.7. The Labute approximate surface area is 102 Å². The van der Waals surface area contributed by atoms with Crippen LogP contribution in [0.3, 0.4) is 0 Å². The maximum Gasteiger partial charge on any atom is 0.339 e. The maximum absolute atomic E-state index is 11.0. The van der Waals surface area contributed by atoms with E-state index in [9.17, 15) is 4.79 Å². The van der Waals surface area contributed by atoms with Gasteiger partial charge >= 0.3 is 12.0 Å². The molecule has 5 nitrogen and oxygen atoms in total. The number of carbonyl (C=O) groups is 1. The number of hydrogen-bond donors (Lipinski definition) is 1. The summed E-state index contributed by atoms with van der Waals surface area (Å²) in [6.07, 6.45) is 3.00. The van der Waals surface area contributed by atoms with Gasteiger partial charge in [-0.25, -0.2) is 14.8 Å². The molecule has 0 spiro atoms. The maximum atomic E-state index is 11.0. The molecule has 0 radical (unpaired) electrons. The second kappa shape index (κ2) is 4.80. The lowest BCUT2D eigenvalue weighted by atomic mass is 10.2. The van der Waals surface area contributed by atoms with Gasteiger partial charge in [-0.1, -0.05) is 11.6 Å². The Kier molecular flexibility index (Phi) is 3.20. The Morgan fingerprint density at radius 2 is 2.00 bits per heavy atom. The summed E-state index contributed by atoms with van der Waals surface area (Å²) >= 11 is 5.71. The average molecular weight is 251 g/mol. The van der Waals surface area contributed by atoms with Crippen LogP contribution in [0, 0.1) is 0 Å². The second-order valence-electron chi connectivity index (χ2n) is 3.08. The summed E-state index contributed by atoms with van der Waals surface area (Å²) in [5.74, 6) is -0.980. The first kappa shape index (κ1) is 11.3. The number of nitrogens with zero attached hydrogens (tertiary/aromatic N) is 2. The Morgan fingerprint density at radius 1 is 1.29 bits per heavy atom. The van der Waals surface area contributed by atoms with Crippen molar-refractivity contribution in [2.75, 3.05) is 0 Å². The molecule has 0 amide bonds. The Balaban J connectivity index is 2.36. The van der Waals surface area contributed by atoms with Gasteiger partial charge in [0.05, 0.1) is 0 Å². The van der Waals surface area contributed by atoms with Crippen molar-refractivity contribution in [1.82, 2.24) is 9.97 Å². The van der Waals surface area contributed by atoms with Gasteiger partial charge in [0, 0.05) is 17.4 Å². The normalized spacial score (nSPS) is 9.94. The number of aromatic nitrogens is 2. The van der Waals surface area contributed by atoms with Crippen LogP contribution >= 0.6 is 11.6 Å². The highest BCUT2D eigenvalue weighted by Gasteiger charge is 2.13. The predicted octanol–water partition coefficient (Wildman–Crippen LogP) is 2.62. The minimum Gasteiger partial charge on any atom is -0.478 e. The molecule has 1 aromatic carbocycles. The van der Waals surface area contributed by atoms with E-state index in [1.807, 2.05) is 0 Å². The molecule has 0 aliphatic carbocycles. The van der Waals surface area contributed by atoms with Crippen LogP contribution in [0.5, 0.6) is 11.8 Å². The molecule has 1 aromatic heterocycles. The van der Waals surface area contributed by atoms with E-state index in [-0.39, 0.29) is 17.3 Å². The first-order valence-electron chi connectivity index (χ1n) is 4.64. The van der Waals surface area contributed by atoms with Crippen LogP contribution in [0.25, 0.3) is 0 Å². The number of rotatable bonds is 3. The highest BCUT2D eigenvalue weighted by Crippen LogP contribution is 2.25. The summed E-state index contributed by atoms with van der Waals surface area (Å²) in [5, 5.41) is 9.31. The van der Waals surface area contributed by atoms with Gasteiger partial charge in [-0.3, -0.25) is 0 Å². The zero-order valence-electron chi connectivity index (χ0n) is 8.50. The van der Waals surface area contributed by atoms with E-state index in [1.165, 1.54) is 30.6 Å². The average Bonchev–Trinajstić information content (AvgIpc) is 2.32. The molecule has 86 valence electrons. The zero-order chi connectivity index (χ0) is 12.3. The smallest absolute Gasteiger partial charge is 0.339 e. The monoisotopic (exact) mass is 250 g/mol. The molecule has 0 aliphatic rings. The number of carboxylic acid groups (broad SMARTS) is 1. The number of aromatic carboxylic acids is 1. The lowest BCUT2D eigenvalue weighted by molar-refractivity contribution is 0.0694. The first-order chi connectivity index (χ1) is 8.16. The predicted molar refractivity (Wildman–Crippen MR) is 60.5 cm³/mol. The van der Waals surface area contributed by atoms with Crippen molar-refractivity contribution in [2.45, 2.75) is 0 Å². The van der Waals surface area contributed by atoms with Crippen LogP contribution in [0.2, 0.25) is 5.02 Å². The topological polar surface area (TPSA) is 72.3 Å². The number of carboxylic acids is 1. The zero-order valence-corrected chi connectivity index (χ0v) is 9.26. The Morgan fingerprint density at radius 3 is 2.65 bits per heavy atom. The molecule has 0 atom stereocenters. The van der Waals surface area contributed by atoms with Gasteiger partial charge in [0.1, 0.15) is 11.3 Å². The third-order valence-electron chi connectivity index (χ3n) is 1.92. The van der Waals surface area contributed by atoms with Gasteiger partial charge in [0.15, 0.2) is 0 Å². The van der Waals surface area contributed by atoms with Crippen molar-refractivity contribution in [3.8, 4) is 11.8 Å². The number of ether oxygens (including phenoxy) is 1. The quantitative estimate of drug-likeness (QED) is 0.907. The molecule has 0 fully saturated rings. The van der Waals surface area contributed by atoms with E-state index in [0.29, 0.717) is 5.02 Å². The van der Waals surface area contributed by atoms with Gasteiger partial charge < -0.3 is 9.84 Å². The molecule has 2 rings (SSSR count). The SMILES string of the molecule is O=C(O)c1cc(Cl)ccc1Oc1ncccn1. The Hall–Kier alpha value is -2.14. The molecule has 2 aromatic rings. The number of benzene rings is 1. The molecule has 0 aliphatic heterocycles. The molecular formula is C11H7ClN2O3. The van der Waals surface area contributed by atoms with Crippen LogP contribution in [-0.2, 0) is 0 Å². The fraction of sp³-hybridized carbons (Fsp3) is 0. The van der Waals surface area contributed by atoms with E-state index < -0.39 is 5.97 Å². The van der Waals surface area contributed by atoms with E-state index >= 15 is 0 Å². The molecule has 17 heavy (non-hydrogen) atoms. The van der Waals surface area contributed by atoms with Crippen LogP contribution in [0.4, 0.5) is 0 Å². The third-order valence-corrected chi connectivity index (χ3v) is 2.15. The van der Waals surface area contributed by atoms with Crippen LogP contribution < -0.4 is 4.74 Å². The standard InChI is InChI=1S/C11H7ClN2O3/c12-7-2-3-9(8(6-7)10(15)16)17-11-13-4-1-5-14-11/h1-6H,(H,15,16).